The highest BCUT2D eigenvalue weighted by molar-refractivity contribution is 5.67. The molecule has 1 aromatic carbocycles. The van der Waals surface area contributed by atoms with Crippen LogP contribution >= 0.6 is 0 Å². The fraction of sp³-hybridized carbons (Fsp3) is 0.500. The molecule has 0 unspecified atom stereocenters. The Balaban J connectivity index is 1.58. The molecular weight excluding hydrogens is 390 g/mol. The molecule has 7 heteroatoms. The molecule has 2 aliphatic heterocycles. The van der Waals surface area contributed by atoms with Crippen LogP contribution in [0.2, 0.25) is 0 Å². The minimum absolute atomic E-state index is 0.690. The second-order valence-electron chi connectivity index (χ2n) is 8.28. The van der Waals surface area contributed by atoms with E-state index in [1.165, 1.54) is 24.0 Å². The van der Waals surface area contributed by atoms with E-state index in [1.54, 1.807) is 14.2 Å². The number of benzene rings is 1. The lowest BCUT2D eigenvalue weighted by Crippen LogP contribution is -2.31. The molecule has 0 bridgehead atoms. The number of ether oxygens (including phenoxy) is 2. The normalized spacial score (nSPS) is 16.0. The van der Waals surface area contributed by atoms with Gasteiger partial charge in [-0.3, -0.25) is 0 Å². The van der Waals surface area contributed by atoms with E-state index < -0.39 is 0 Å². The van der Waals surface area contributed by atoms with Crippen LogP contribution in [0.4, 0.5) is 11.6 Å². The van der Waals surface area contributed by atoms with Gasteiger partial charge < -0.3 is 24.6 Å². The van der Waals surface area contributed by atoms with Crippen molar-refractivity contribution in [2.24, 2.45) is 0 Å². The number of aromatic nitrogens is 1. The van der Waals surface area contributed by atoms with Crippen LogP contribution in [0.5, 0.6) is 11.5 Å². The summed E-state index contributed by atoms with van der Waals surface area (Å²) in [6.07, 6.45) is 4.09. The molecule has 3 heterocycles. The first-order valence-electron chi connectivity index (χ1n) is 11.0. The Kier molecular flexibility index (Phi) is 6.47. The molecule has 1 aromatic heterocycles. The lowest BCUT2D eigenvalue weighted by molar-refractivity contribution is 0.312. The molecule has 1 N–H and O–H groups in total. The van der Waals surface area contributed by atoms with Crippen molar-refractivity contribution in [2.45, 2.75) is 32.2 Å². The first kappa shape index (κ1) is 21.3. The van der Waals surface area contributed by atoms with Crippen molar-refractivity contribution in [3.05, 3.63) is 40.5 Å². The molecule has 0 aliphatic carbocycles. The molecule has 0 saturated carbocycles. The van der Waals surface area contributed by atoms with Crippen molar-refractivity contribution in [1.29, 1.82) is 5.26 Å². The van der Waals surface area contributed by atoms with Gasteiger partial charge in [-0.1, -0.05) is 6.07 Å². The van der Waals surface area contributed by atoms with Crippen molar-refractivity contribution in [2.75, 3.05) is 57.7 Å². The van der Waals surface area contributed by atoms with Gasteiger partial charge in [-0.15, -0.1) is 0 Å². The highest BCUT2D eigenvalue weighted by Crippen LogP contribution is 2.35. The quantitative estimate of drug-likeness (QED) is 0.736. The van der Waals surface area contributed by atoms with Crippen LogP contribution < -0.4 is 19.7 Å². The van der Waals surface area contributed by atoms with Gasteiger partial charge in [-0.05, 0) is 56.0 Å². The van der Waals surface area contributed by atoms with E-state index in [9.17, 15) is 5.26 Å². The van der Waals surface area contributed by atoms with E-state index in [2.05, 4.69) is 28.2 Å². The van der Waals surface area contributed by atoms with Crippen LogP contribution in [0.25, 0.3) is 0 Å². The zero-order chi connectivity index (χ0) is 21.8. The van der Waals surface area contributed by atoms with Crippen LogP contribution in [0.3, 0.4) is 0 Å². The first-order valence-corrected chi connectivity index (χ1v) is 11.0. The van der Waals surface area contributed by atoms with Gasteiger partial charge in [0, 0.05) is 38.3 Å². The zero-order valence-electron chi connectivity index (χ0n) is 18.7. The topological polar surface area (TPSA) is 73.7 Å². The molecule has 0 amide bonds. The van der Waals surface area contributed by atoms with Gasteiger partial charge in [0.05, 0.1) is 19.8 Å². The van der Waals surface area contributed by atoms with Gasteiger partial charge in [-0.2, -0.15) is 5.26 Å². The predicted molar refractivity (Wildman–Crippen MR) is 122 cm³/mol. The summed E-state index contributed by atoms with van der Waals surface area (Å²) < 4.78 is 10.7. The number of methoxy groups -OCH3 is 2. The maximum atomic E-state index is 9.95. The fourth-order valence-corrected chi connectivity index (χ4v) is 4.55. The minimum Gasteiger partial charge on any atom is -0.493 e. The third-order valence-electron chi connectivity index (χ3n) is 6.23. The molecule has 0 radical (unpaired) electrons. The van der Waals surface area contributed by atoms with Gasteiger partial charge in [0.25, 0.3) is 0 Å². The molecule has 164 valence electrons. The monoisotopic (exact) mass is 421 g/mol. The van der Waals surface area contributed by atoms with Crippen molar-refractivity contribution in [3.63, 3.8) is 0 Å². The van der Waals surface area contributed by atoms with Crippen LogP contribution in [0.1, 0.15) is 35.1 Å². The summed E-state index contributed by atoms with van der Waals surface area (Å²) in [6.45, 7) is 4.60. The number of nitriles is 1. The number of rotatable bonds is 7. The van der Waals surface area contributed by atoms with Crippen molar-refractivity contribution in [1.82, 2.24) is 9.88 Å². The first-order chi connectivity index (χ1) is 15.1. The molecule has 7 nitrogen and oxygen atoms in total. The number of pyridine rings is 1. The lowest BCUT2D eigenvalue weighted by Gasteiger charge is -2.31. The lowest BCUT2D eigenvalue weighted by atomic mass is 9.95. The van der Waals surface area contributed by atoms with Gasteiger partial charge >= 0.3 is 0 Å². The molecular formula is C24H31N5O2. The molecule has 0 atom stereocenters. The Labute approximate surface area is 184 Å². The maximum absolute atomic E-state index is 9.95. The Morgan fingerprint density at radius 1 is 1.10 bits per heavy atom. The van der Waals surface area contributed by atoms with E-state index >= 15 is 0 Å². The third kappa shape index (κ3) is 4.40. The van der Waals surface area contributed by atoms with E-state index in [0.29, 0.717) is 17.9 Å². The summed E-state index contributed by atoms with van der Waals surface area (Å²) in [5.74, 6) is 3.23. The maximum Gasteiger partial charge on any atom is 0.160 e. The molecule has 1 fully saturated rings. The average Bonchev–Trinajstić information content (AvgIpc) is 3.33. The molecule has 1 saturated heterocycles. The van der Waals surface area contributed by atoms with E-state index in [1.807, 2.05) is 18.2 Å². The van der Waals surface area contributed by atoms with E-state index in [4.69, 9.17) is 14.5 Å². The summed E-state index contributed by atoms with van der Waals surface area (Å²) in [4.78, 5) is 9.69. The van der Waals surface area contributed by atoms with Crippen LogP contribution in [0, 0.1) is 11.3 Å². The van der Waals surface area contributed by atoms with E-state index in [0.717, 1.165) is 61.9 Å². The standard InChI is InChI=1S/C24H31N5O2/c1-28-13-9-18-19(15-25)23(27-24(20(18)16-28)29-11-4-5-12-29)26-10-8-17-6-7-21(30-2)22(14-17)31-3/h6-7,14H,4-5,8-13,16H2,1-3H3,(H,26,27). The minimum atomic E-state index is 0.690. The summed E-state index contributed by atoms with van der Waals surface area (Å²) in [6, 6.07) is 8.40. The third-order valence-corrected chi connectivity index (χ3v) is 6.23. The number of hydrogen-bond donors (Lipinski definition) is 1. The second-order valence-corrected chi connectivity index (χ2v) is 8.28. The summed E-state index contributed by atoms with van der Waals surface area (Å²) >= 11 is 0. The summed E-state index contributed by atoms with van der Waals surface area (Å²) in [5.41, 5.74) is 4.25. The smallest absolute Gasteiger partial charge is 0.160 e. The van der Waals surface area contributed by atoms with Crippen molar-refractivity contribution in [3.8, 4) is 17.6 Å². The number of hydrogen-bond acceptors (Lipinski definition) is 7. The SMILES string of the molecule is COc1ccc(CCNc2nc(N3CCCC3)c3c(c2C#N)CCN(C)C3)cc1OC. The largest absolute Gasteiger partial charge is 0.493 e. The molecule has 2 aliphatic rings. The van der Waals surface area contributed by atoms with Gasteiger partial charge in [0.2, 0.25) is 0 Å². The predicted octanol–water partition coefficient (Wildman–Crippen LogP) is 3.21. The number of nitrogens with zero attached hydrogens (tertiary/aromatic N) is 4. The Morgan fingerprint density at radius 3 is 2.58 bits per heavy atom. The Hall–Kier alpha value is -2.98. The molecule has 0 spiro atoms. The summed E-state index contributed by atoms with van der Waals surface area (Å²) in [5, 5.41) is 13.4. The number of likely N-dealkylation sites (N-methyl/N-ethyl adjacent to an activating group) is 1. The molecule has 4 rings (SSSR count). The summed E-state index contributed by atoms with van der Waals surface area (Å²) in [7, 11) is 5.42. The Morgan fingerprint density at radius 2 is 1.87 bits per heavy atom. The fourth-order valence-electron chi connectivity index (χ4n) is 4.55. The molecule has 2 aromatic rings. The van der Waals surface area contributed by atoms with Gasteiger partial charge in [-0.25, -0.2) is 4.98 Å². The Bertz CT molecular complexity index is 979. The number of nitrogens with one attached hydrogen (secondary N) is 1. The number of fused-ring (bicyclic) bond motifs is 1. The average molecular weight is 422 g/mol. The second kappa shape index (κ2) is 9.44. The van der Waals surface area contributed by atoms with Gasteiger partial charge in [0.1, 0.15) is 17.7 Å². The van der Waals surface area contributed by atoms with Crippen molar-refractivity contribution < 1.29 is 9.47 Å². The molecule has 31 heavy (non-hydrogen) atoms. The highest BCUT2D eigenvalue weighted by atomic mass is 16.5. The zero-order valence-corrected chi connectivity index (χ0v) is 18.7. The van der Waals surface area contributed by atoms with Crippen LogP contribution in [-0.4, -0.2) is 57.3 Å². The highest BCUT2D eigenvalue weighted by Gasteiger charge is 2.27. The van der Waals surface area contributed by atoms with E-state index in [-0.39, 0.29) is 0 Å². The number of anilines is 2. The van der Waals surface area contributed by atoms with Crippen LogP contribution in [0.15, 0.2) is 18.2 Å². The van der Waals surface area contributed by atoms with Crippen LogP contribution in [-0.2, 0) is 19.4 Å². The van der Waals surface area contributed by atoms with Crippen molar-refractivity contribution >= 4 is 11.6 Å². The van der Waals surface area contributed by atoms with Gasteiger partial charge in [0.15, 0.2) is 11.5 Å².